The van der Waals surface area contributed by atoms with E-state index in [1.165, 1.54) is 6.26 Å². The van der Waals surface area contributed by atoms with Gasteiger partial charge in [0.15, 0.2) is 9.84 Å². The molecule has 1 aromatic carbocycles. The van der Waals surface area contributed by atoms with Gasteiger partial charge in [0.25, 0.3) is 0 Å². The molecule has 0 aliphatic heterocycles. The van der Waals surface area contributed by atoms with Gasteiger partial charge in [0.05, 0.1) is 5.75 Å². The third-order valence-corrected chi connectivity index (χ3v) is 3.70. The molecule has 0 aliphatic carbocycles. The minimum absolute atomic E-state index is 0.0124. The molecule has 0 unspecified atom stereocenters. The number of carbonyl (C=O) groups excluding carboxylic acids is 1. The van der Waals surface area contributed by atoms with Crippen LogP contribution in [0.25, 0.3) is 0 Å². The number of rotatable bonds is 5. The van der Waals surface area contributed by atoms with E-state index >= 15 is 0 Å². The van der Waals surface area contributed by atoms with E-state index in [9.17, 15) is 13.2 Å². The zero-order valence-electron chi connectivity index (χ0n) is 12.1. The summed E-state index contributed by atoms with van der Waals surface area (Å²) in [5.41, 5.74) is 2.24. The van der Waals surface area contributed by atoms with Crippen molar-refractivity contribution in [1.29, 1.82) is 0 Å². The number of nitrogens with one attached hydrogen (secondary N) is 2. The van der Waals surface area contributed by atoms with Crippen LogP contribution in [0, 0.1) is 0 Å². The van der Waals surface area contributed by atoms with Crippen molar-refractivity contribution >= 4 is 21.6 Å². The van der Waals surface area contributed by atoms with Crippen LogP contribution in [0.2, 0.25) is 0 Å². The molecule has 0 aliphatic rings. The Bertz CT molecular complexity index is 728. The van der Waals surface area contributed by atoms with Gasteiger partial charge in [-0.2, -0.15) is 0 Å². The van der Waals surface area contributed by atoms with Gasteiger partial charge in [-0.3, -0.25) is 4.98 Å². The fraction of sp³-hybridized carbons (Fsp3) is 0.200. The number of aromatic nitrogens is 1. The highest BCUT2D eigenvalue weighted by molar-refractivity contribution is 7.89. The van der Waals surface area contributed by atoms with Crippen LogP contribution in [-0.2, 0) is 22.1 Å². The Kier molecular flexibility index (Phi) is 5.11. The van der Waals surface area contributed by atoms with E-state index in [1.807, 2.05) is 12.1 Å². The van der Waals surface area contributed by atoms with Gasteiger partial charge in [-0.15, -0.1) is 0 Å². The van der Waals surface area contributed by atoms with Crippen LogP contribution in [0.1, 0.15) is 11.1 Å². The Balaban J connectivity index is 1.86. The number of hydrogen-bond acceptors (Lipinski definition) is 4. The summed E-state index contributed by atoms with van der Waals surface area (Å²) in [5, 5.41) is 5.41. The first-order valence-electron chi connectivity index (χ1n) is 6.63. The average Bonchev–Trinajstić information content (AvgIpc) is 2.47. The van der Waals surface area contributed by atoms with Gasteiger partial charge in [0.2, 0.25) is 0 Å². The average molecular weight is 319 g/mol. The molecule has 0 saturated heterocycles. The third-order valence-electron chi connectivity index (χ3n) is 2.84. The molecule has 1 aromatic heterocycles. The van der Waals surface area contributed by atoms with Gasteiger partial charge in [-0.05, 0) is 35.4 Å². The fourth-order valence-electron chi connectivity index (χ4n) is 1.85. The Morgan fingerprint density at radius 1 is 1.05 bits per heavy atom. The van der Waals surface area contributed by atoms with E-state index in [2.05, 4.69) is 15.6 Å². The molecule has 0 bridgehead atoms. The molecule has 2 N–H and O–H groups in total. The molecule has 1 heterocycles. The second-order valence-corrected chi connectivity index (χ2v) is 7.07. The van der Waals surface area contributed by atoms with Gasteiger partial charge in [0, 0.05) is 30.9 Å². The van der Waals surface area contributed by atoms with Crippen LogP contribution >= 0.6 is 0 Å². The zero-order chi connectivity index (χ0) is 16.0. The fourth-order valence-corrected chi connectivity index (χ4v) is 2.64. The smallest absolute Gasteiger partial charge is 0.319 e. The summed E-state index contributed by atoms with van der Waals surface area (Å²) < 4.78 is 22.4. The number of hydrogen-bond donors (Lipinski definition) is 2. The maximum atomic E-state index is 11.8. The maximum absolute atomic E-state index is 11.8. The minimum atomic E-state index is -3.06. The molecule has 7 heteroatoms. The molecule has 116 valence electrons. The molecule has 2 aromatic rings. The maximum Gasteiger partial charge on any atom is 0.319 e. The number of benzene rings is 1. The highest BCUT2D eigenvalue weighted by Crippen LogP contribution is 2.11. The summed E-state index contributed by atoms with van der Waals surface area (Å²) in [7, 11) is -3.06. The molecule has 0 atom stereocenters. The lowest BCUT2D eigenvalue weighted by atomic mass is 10.2. The standard InChI is InChI=1S/C15H17N3O3S/c1-22(20,21)11-13-2-4-14(5-3-13)18-15(19)17-10-12-6-8-16-9-7-12/h2-9H,10-11H2,1H3,(H2,17,18,19). The van der Waals surface area contributed by atoms with Crippen LogP contribution in [0.15, 0.2) is 48.8 Å². The largest absolute Gasteiger partial charge is 0.334 e. The van der Waals surface area contributed by atoms with Crippen LogP contribution in [-0.4, -0.2) is 25.7 Å². The lowest BCUT2D eigenvalue weighted by Gasteiger charge is -2.08. The van der Waals surface area contributed by atoms with E-state index < -0.39 is 9.84 Å². The molecule has 0 radical (unpaired) electrons. The summed E-state index contributed by atoms with van der Waals surface area (Å²) in [6.45, 7) is 0.403. The van der Waals surface area contributed by atoms with Gasteiger partial charge in [-0.25, -0.2) is 13.2 Å². The van der Waals surface area contributed by atoms with E-state index in [0.717, 1.165) is 5.56 Å². The van der Waals surface area contributed by atoms with Crippen molar-refractivity contribution in [2.45, 2.75) is 12.3 Å². The number of pyridine rings is 1. The van der Waals surface area contributed by atoms with Gasteiger partial charge >= 0.3 is 6.03 Å². The topological polar surface area (TPSA) is 88.2 Å². The molecule has 22 heavy (non-hydrogen) atoms. The monoisotopic (exact) mass is 319 g/mol. The Labute approximate surface area is 129 Å². The van der Waals surface area contributed by atoms with Crippen molar-refractivity contribution < 1.29 is 13.2 Å². The second-order valence-electron chi connectivity index (χ2n) is 4.93. The Morgan fingerprint density at radius 2 is 1.68 bits per heavy atom. The molecule has 6 nitrogen and oxygen atoms in total. The SMILES string of the molecule is CS(=O)(=O)Cc1ccc(NC(=O)NCc2ccncc2)cc1. The molecule has 2 amide bonds. The highest BCUT2D eigenvalue weighted by atomic mass is 32.2. The number of amides is 2. The van der Waals surface area contributed by atoms with Crippen molar-refractivity contribution in [3.05, 3.63) is 59.9 Å². The first-order chi connectivity index (χ1) is 10.4. The van der Waals surface area contributed by atoms with Crippen molar-refractivity contribution in [3.63, 3.8) is 0 Å². The van der Waals surface area contributed by atoms with Crippen LogP contribution in [0.4, 0.5) is 10.5 Å². The van der Waals surface area contributed by atoms with Gasteiger partial charge in [-0.1, -0.05) is 12.1 Å². The number of sulfone groups is 1. The lowest BCUT2D eigenvalue weighted by Crippen LogP contribution is -2.28. The van der Waals surface area contributed by atoms with Gasteiger partial charge < -0.3 is 10.6 Å². The Hall–Kier alpha value is -2.41. The van der Waals surface area contributed by atoms with Crippen LogP contribution < -0.4 is 10.6 Å². The number of nitrogens with zero attached hydrogens (tertiary/aromatic N) is 1. The first-order valence-corrected chi connectivity index (χ1v) is 8.69. The van der Waals surface area contributed by atoms with Crippen molar-refractivity contribution in [2.24, 2.45) is 0 Å². The normalized spacial score (nSPS) is 11.0. The van der Waals surface area contributed by atoms with Crippen molar-refractivity contribution in [3.8, 4) is 0 Å². The first kappa shape index (κ1) is 16.0. The minimum Gasteiger partial charge on any atom is -0.334 e. The van der Waals surface area contributed by atoms with E-state index in [0.29, 0.717) is 17.8 Å². The quantitative estimate of drug-likeness (QED) is 0.881. The summed E-state index contributed by atoms with van der Waals surface area (Å²) in [6, 6.07) is 10.0. The summed E-state index contributed by atoms with van der Waals surface area (Å²) in [6.07, 6.45) is 4.51. The molecule has 0 spiro atoms. The van der Waals surface area contributed by atoms with E-state index in [1.54, 1.807) is 36.7 Å². The summed E-state index contributed by atoms with van der Waals surface area (Å²) >= 11 is 0. The van der Waals surface area contributed by atoms with Crippen molar-refractivity contribution in [1.82, 2.24) is 10.3 Å². The van der Waals surface area contributed by atoms with E-state index in [4.69, 9.17) is 0 Å². The molecule has 0 fully saturated rings. The molecular formula is C15H17N3O3S. The Morgan fingerprint density at radius 3 is 2.27 bits per heavy atom. The van der Waals surface area contributed by atoms with E-state index in [-0.39, 0.29) is 11.8 Å². The number of anilines is 1. The predicted molar refractivity (Wildman–Crippen MR) is 85.1 cm³/mol. The third kappa shape index (κ3) is 5.53. The van der Waals surface area contributed by atoms with Crippen molar-refractivity contribution in [2.75, 3.05) is 11.6 Å². The molecule has 0 saturated carbocycles. The molecular weight excluding hydrogens is 302 g/mol. The van der Waals surface area contributed by atoms with Crippen LogP contribution in [0.5, 0.6) is 0 Å². The zero-order valence-corrected chi connectivity index (χ0v) is 12.9. The highest BCUT2D eigenvalue weighted by Gasteiger charge is 2.05. The van der Waals surface area contributed by atoms with Gasteiger partial charge in [0.1, 0.15) is 0 Å². The van der Waals surface area contributed by atoms with Crippen LogP contribution in [0.3, 0.4) is 0 Å². The number of carbonyl (C=O) groups is 1. The number of urea groups is 1. The molecule has 2 rings (SSSR count). The second kappa shape index (κ2) is 7.04. The predicted octanol–water partition coefficient (Wildman–Crippen LogP) is 1.95. The summed E-state index contributed by atoms with van der Waals surface area (Å²) in [4.78, 5) is 15.7. The lowest BCUT2D eigenvalue weighted by molar-refractivity contribution is 0.251. The summed E-state index contributed by atoms with van der Waals surface area (Å²) in [5.74, 6) is -0.0124.